The van der Waals surface area contributed by atoms with Crippen molar-refractivity contribution in [1.82, 2.24) is 20.2 Å². The predicted molar refractivity (Wildman–Crippen MR) is 83.0 cm³/mol. The molecule has 3 heterocycles. The second-order valence-electron chi connectivity index (χ2n) is 7.36. The first-order valence-electron chi connectivity index (χ1n) is 7.75. The van der Waals surface area contributed by atoms with E-state index in [1.165, 1.54) is 19.3 Å². The third kappa shape index (κ3) is 2.81. The highest BCUT2D eigenvalue weighted by molar-refractivity contribution is 5.93. The van der Waals surface area contributed by atoms with Crippen LogP contribution in [0.1, 0.15) is 49.9 Å². The molecule has 7 nitrogen and oxygen atoms in total. The number of amides is 1. The van der Waals surface area contributed by atoms with Gasteiger partial charge in [-0.15, -0.1) is 0 Å². The Morgan fingerprint density at radius 3 is 2.35 bits per heavy atom. The highest BCUT2D eigenvalue weighted by atomic mass is 16.6. The molecule has 1 N–H and O–H groups in total. The number of nitrogens with zero attached hydrogens (tertiary/aromatic N) is 3. The Balaban J connectivity index is 1.83. The van der Waals surface area contributed by atoms with Gasteiger partial charge in [-0.25, -0.2) is 14.8 Å². The van der Waals surface area contributed by atoms with Crippen molar-refractivity contribution in [2.75, 3.05) is 19.6 Å². The molecule has 2 saturated heterocycles. The number of hydrogen-bond acceptors (Lipinski definition) is 6. The van der Waals surface area contributed by atoms with Crippen LogP contribution in [-0.2, 0) is 4.74 Å². The molecule has 124 valence electrons. The topological polar surface area (TPSA) is 84.4 Å². The first kappa shape index (κ1) is 15.9. The minimum absolute atomic E-state index is 0.0192. The van der Waals surface area contributed by atoms with E-state index in [1.54, 1.807) is 4.90 Å². The zero-order valence-corrected chi connectivity index (χ0v) is 13.9. The maximum atomic E-state index is 12.4. The van der Waals surface area contributed by atoms with E-state index >= 15 is 0 Å². The average Bonchev–Trinajstić information content (AvgIpc) is 2.34. The summed E-state index contributed by atoms with van der Waals surface area (Å²) in [7, 11) is 0. The fourth-order valence-corrected chi connectivity index (χ4v) is 3.05. The number of carbonyl (C=O) groups excluding carboxylic acids is 2. The number of Topliss-reactive ketones (excluding diaryl/α,β-unsaturated/α-hetero) is 1. The van der Waals surface area contributed by atoms with Crippen LogP contribution in [0, 0.1) is 5.41 Å². The number of carbonyl (C=O) groups is 2. The molecule has 0 saturated carbocycles. The van der Waals surface area contributed by atoms with Crippen molar-refractivity contribution in [3.05, 3.63) is 23.8 Å². The summed E-state index contributed by atoms with van der Waals surface area (Å²) < 4.78 is 5.47. The summed E-state index contributed by atoms with van der Waals surface area (Å²) in [6.07, 6.45) is 2.70. The molecular formula is C16H22N4O3. The van der Waals surface area contributed by atoms with Crippen molar-refractivity contribution in [3.8, 4) is 0 Å². The molecule has 0 aromatic carbocycles. The molecule has 1 amide bonds. The lowest BCUT2D eigenvalue weighted by molar-refractivity contribution is -0.111. The van der Waals surface area contributed by atoms with Crippen LogP contribution >= 0.6 is 0 Å². The number of ketones is 1. The zero-order chi connectivity index (χ0) is 16.8. The first-order chi connectivity index (χ1) is 10.7. The summed E-state index contributed by atoms with van der Waals surface area (Å²) in [5.74, 6) is 0.489. The van der Waals surface area contributed by atoms with E-state index in [4.69, 9.17) is 4.74 Å². The van der Waals surface area contributed by atoms with E-state index in [0.717, 1.165) is 13.1 Å². The van der Waals surface area contributed by atoms with Gasteiger partial charge in [-0.1, -0.05) is 0 Å². The molecule has 2 aliphatic heterocycles. The summed E-state index contributed by atoms with van der Waals surface area (Å²) in [6.45, 7) is 9.31. The van der Waals surface area contributed by atoms with E-state index in [1.807, 2.05) is 20.8 Å². The van der Waals surface area contributed by atoms with Crippen molar-refractivity contribution in [1.29, 1.82) is 0 Å². The maximum absolute atomic E-state index is 12.4. The second-order valence-corrected chi connectivity index (χ2v) is 7.36. The fourth-order valence-electron chi connectivity index (χ4n) is 3.05. The Labute approximate surface area is 135 Å². The lowest BCUT2D eigenvalue weighted by atomic mass is 9.66. The van der Waals surface area contributed by atoms with Crippen LogP contribution < -0.4 is 5.32 Å². The van der Waals surface area contributed by atoms with Gasteiger partial charge in [-0.05, 0) is 27.7 Å². The van der Waals surface area contributed by atoms with Gasteiger partial charge >= 0.3 is 6.09 Å². The predicted octanol–water partition coefficient (Wildman–Crippen LogP) is 1.56. The normalized spacial score (nSPS) is 22.3. The Hall–Kier alpha value is -2.02. The van der Waals surface area contributed by atoms with Crippen molar-refractivity contribution in [3.63, 3.8) is 0 Å². The minimum atomic E-state index is -0.540. The van der Waals surface area contributed by atoms with Crippen LogP contribution in [0.15, 0.2) is 12.4 Å². The summed E-state index contributed by atoms with van der Waals surface area (Å²) in [5.41, 5.74) is -0.0892. The molecular weight excluding hydrogens is 296 g/mol. The lowest BCUT2D eigenvalue weighted by Gasteiger charge is -2.60. The van der Waals surface area contributed by atoms with Crippen molar-refractivity contribution in [2.24, 2.45) is 5.41 Å². The third-order valence-corrected chi connectivity index (χ3v) is 4.28. The maximum Gasteiger partial charge on any atom is 0.410 e. The molecule has 3 rings (SSSR count). The standard InChI is InChI=1S/C16H22N4O3/c1-10(21)11-5-18-13(19-6-11)12-16(7-17-8-16)9-20(12)14(22)23-15(2,3)4/h5-6,12,17H,7-9H2,1-4H3. The van der Waals surface area contributed by atoms with Crippen molar-refractivity contribution < 1.29 is 14.3 Å². The monoisotopic (exact) mass is 318 g/mol. The van der Waals surface area contributed by atoms with Gasteiger partial charge in [-0.3, -0.25) is 9.69 Å². The van der Waals surface area contributed by atoms with E-state index in [-0.39, 0.29) is 23.3 Å². The Bertz CT molecular complexity index is 632. The van der Waals surface area contributed by atoms with Crippen LogP contribution in [0.3, 0.4) is 0 Å². The van der Waals surface area contributed by atoms with Crippen LogP contribution in [0.25, 0.3) is 0 Å². The van der Waals surface area contributed by atoms with Gasteiger partial charge in [0.05, 0.1) is 5.56 Å². The van der Waals surface area contributed by atoms with Crippen molar-refractivity contribution >= 4 is 11.9 Å². The van der Waals surface area contributed by atoms with Gasteiger partial charge in [0.25, 0.3) is 0 Å². The molecule has 1 unspecified atom stereocenters. The molecule has 0 aliphatic carbocycles. The number of rotatable bonds is 2. The number of nitrogens with one attached hydrogen (secondary N) is 1. The molecule has 1 atom stereocenters. The van der Waals surface area contributed by atoms with Crippen molar-refractivity contribution in [2.45, 2.75) is 39.3 Å². The molecule has 1 spiro atoms. The number of aromatic nitrogens is 2. The van der Waals surface area contributed by atoms with Gasteiger partial charge in [-0.2, -0.15) is 0 Å². The van der Waals surface area contributed by atoms with Crippen LogP contribution in [-0.4, -0.2) is 52.0 Å². The van der Waals surface area contributed by atoms with Crippen LogP contribution in [0.4, 0.5) is 4.79 Å². The van der Waals surface area contributed by atoms with E-state index in [0.29, 0.717) is 17.9 Å². The highest BCUT2D eigenvalue weighted by Crippen LogP contribution is 2.50. The average molecular weight is 318 g/mol. The zero-order valence-electron chi connectivity index (χ0n) is 13.9. The van der Waals surface area contributed by atoms with Gasteiger partial charge in [0.2, 0.25) is 0 Å². The molecule has 1 aromatic heterocycles. The molecule has 23 heavy (non-hydrogen) atoms. The van der Waals surface area contributed by atoms with Gasteiger partial charge in [0.15, 0.2) is 11.6 Å². The number of hydrogen-bond donors (Lipinski definition) is 1. The van der Waals surface area contributed by atoms with Crippen LogP contribution in [0.2, 0.25) is 0 Å². The highest BCUT2D eigenvalue weighted by Gasteiger charge is 2.60. The smallest absolute Gasteiger partial charge is 0.410 e. The largest absolute Gasteiger partial charge is 0.444 e. The SMILES string of the molecule is CC(=O)c1cnc(C2N(C(=O)OC(C)(C)C)CC23CNC3)nc1. The summed E-state index contributed by atoms with van der Waals surface area (Å²) in [4.78, 5) is 34.1. The van der Waals surface area contributed by atoms with E-state index < -0.39 is 5.60 Å². The fraction of sp³-hybridized carbons (Fsp3) is 0.625. The van der Waals surface area contributed by atoms with Gasteiger partial charge in [0.1, 0.15) is 11.6 Å². The van der Waals surface area contributed by atoms with Crippen LogP contribution in [0.5, 0.6) is 0 Å². The summed E-state index contributed by atoms with van der Waals surface area (Å²) in [6, 6.07) is -0.209. The molecule has 7 heteroatoms. The summed E-state index contributed by atoms with van der Waals surface area (Å²) in [5, 5.41) is 3.25. The Kier molecular flexibility index (Phi) is 3.63. The van der Waals surface area contributed by atoms with E-state index in [2.05, 4.69) is 15.3 Å². The third-order valence-electron chi connectivity index (χ3n) is 4.28. The quantitative estimate of drug-likeness (QED) is 0.833. The number of ether oxygens (including phenoxy) is 1. The summed E-state index contributed by atoms with van der Waals surface area (Å²) >= 11 is 0. The number of likely N-dealkylation sites (tertiary alicyclic amines) is 1. The first-order valence-corrected chi connectivity index (χ1v) is 7.75. The Morgan fingerprint density at radius 2 is 1.91 bits per heavy atom. The lowest BCUT2D eigenvalue weighted by Crippen LogP contribution is -2.73. The molecule has 2 fully saturated rings. The second kappa shape index (κ2) is 5.26. The molecule has 0 radical (unpaired) electrons. The molecule has 1 aromatic rings. The Morgan fingerprint density at radius 1 is 1.30 bits per heavy atom. The molecule has 0 bridgehead atoms. The van der Waals surface area contributed by atoms with E-state index in [9.17, 15) is 9.59 Å². The van der Waals surface area contributed by atoms with Gasteiger partial charge in [0, 0.05) is 37.4 Å². The molecule has 2 aliphatic rings. The van der Waals surface area contributed by atoms with Gasteiger partial charge < -0.3 is 10.1 Å². The minimum Gasteiger partial charge on any atom is -0.444 e.